The molecule has 14 atom stereocenters. The van der Waals surface area contributed by atoms with E-state index in [9.17, 15) is 15.1 Å². The van der Waals surface area contributed by atoms with Crippen molar-refractivity contribution >= 4 is 11.5 Å². The first kappa shape index (κ1) is 58.5. The lowest BCUT2D eigenvalue weighted by atomic mass is 9.76. The number of hydrogen-bond donors (Lipinski definition) is 3. The molecular formula is C41H89N3O9. The summed E-state index contributed by atoms with van der Waals surface area (Å²) in [4.78, 5) is 14.6. The van der Waals surface area contributed by atoms with E-state index in [2.05, 4.69) is 84.9 Å². The third-order valence-corrected chi connectivity index (χ3v) is 11.3. The lowest BCUT2D eigenvalue weighted by molar-refractivity contribution is -0.235. The molecule has 0 aromatic heterocycles. The third kappa shape index (κ3) is 21.0. The molecule has 9 N–H and O–H groups in total. The highest BCUT2D eigenvalue weighted by atomic mass is 16.7. The van der Waals surface area contributed by atoms with Gasteiger partial charge < -0.3 is 45.9 Å². The van der Waals surface area contributed by atoms with Crippen LogP contribution in [0.3, 0.4) is 0 Å². The molecule has 0 bridgehead atoms. The predicted octanol–water partition coefficient (Wildman–Crippen LogP) is 6.31. The number of rotatable bonds is 17. The Bertz CT molecular complexity index is 944. The predicted molar refractivity (Wildman–Crippen MR) is 220 cm³/mol. The van der Waals surface area contributed by atoms with Crippen molar-refractivity contribution in [1.29, 1.82) is 0 Å². The molecule has 2 saturated heterocycles. The van der Waals surface area contributed by atoms with Crippen LogP contribution < -0.4 is 5.32 Å². The van der Waals surface area contributed by atoms with E-state index >= 15 is 0 Å². The van der Waals surface area contributed by atoms with E-state index in [4.69, 9.17) is 14.2 Å². The first-order chi connectivity index (χ1) is 23.3. The van der Waals surface area contributed by atoms with Crippen LogP contribution >= 0.6 is 0 Å². The summed E-state index contributed by atoms with van der Waals surface area (Å²) in [5.41, 5.74) is -0.0466. The maximum atomic E-state index is 12.3. The number of hydrogen-bond acceptors (Lipinski definition) is 9. The second kappa shape index (κ2) is 29.1. The van der Waals surface area contributed by atoms with Gasteiger partial charge in [0.05, 0.1) is 29.6 Å². The van der Waals surface area contributed by atoms with E-state index in [1.54, 1.807) is 6.92 Å². The Kier molecular flexibility index (Phi) is 32.1. The summed E-state index contributed by atoms with van der Waals surface area (Å²) in [6.07, 6.45) is 7.71. The summed E-state index contributed by atoms with van der Waals surface area (Å²) in [6.45, 7) is 28.6. The number of Topliss-reactive ketones (excluding diaryl/α,β-unsaturated/α-hetero) is 1. The Labute approximate surface area is 325 Å². The van der Waals surface area contributed by atoms with Crippen LogP contribution in [0.2, 0.25) is 0 Å². The van der Waals surface area contributed by atoms with Gasteiger partial charge in [-0.25, -0.2) is 0 Å². The Hall–Kier alpha value is -1.22. The van der Waals surface area contributed by atoms with Gasteiger partial charge in [-0.3, -0.25) is 10.1 Å². The van der Waals surface area contributed by atoms with Crippen LogP contribution in [0.5, 0.6) is 0 Å². The molecule has 0 aromatic carbocycles. The number of ketones is 1. The van der Waals surface area contributed by atoms with Crippen LogP contribution in [-0.4, -0.2) is 107 Å². The van der Waals surface area contributed by atoms with E-state index in [0.717, 1.165) is 50.7 Å². The number of carbonyl (C=O) groups is 1. The monoisotopic (exact) mass is 768 g/mol. The average Bonchev–Trinajstić information content (AvgIpc) is 3.03. The summed E-state index contributed by atoms with van der Waals surface area (Å²) < 4.78 is 18.2. The fourth-order valence-electron chi connectivity index (χ4n) is 7.96. The molecule has 0 amide bonds. The average molecular weight is 768 g/mol. The minimum atomic E-state index is -0.798. The normalized spacial score (nSPS) is 28.2. The highest BCUT2D eigenvalue weighted by molar-refractivity contribution is 5.88. The number of aliphatic hydroxyl groups is 1. The molecule has 0 aromatic rings. The molecule has 53 heavy (non-hydrogen) atoms. The SMILES string of the molecule is CC.CCC(C)[C@@](C)(O)C[C@@H](C)/C(=N/O)[C@H](C)C[C@H](C)CC(C)C(O[C@H]1CC(C)CC(C)O1)C(C)C(C)=O.CNC1CC(N(C)C)CC(C)O1.O.O.O. The fourth-order valence-corrected chi connectivity index (χ4v) is 7.96. The van der Waals surface area contributed by atoms with Crippen LogP contribution in [-0.2, 0) is 19.0 Å². The van der Waals surface area contributed by atoms with Gasteiger partial charge in [-0.05, 0) is 111 Å². The maximum Gasteiger partial charge on any atom is 0.158 e. The number of carbonyl (C=O) groups excluding carboxylic acids is 1. The Morgan fingerprint density at radius 2 is 1.47 bits per heavy atom. The summed E-state index contributed by atoms with van der Waals surface area (Å²) in [6, 6.07) is 0.659. The molecule has 2 heterocycles. The van der Waals surface area contributed by atoms with E-state index in [-0.39, 0.29) is 76.5 Å². The molecule has 322 valence electrons. The molecule has 0 radical (unpaired) electrons. The summed E-state index contributed by atoms with van der Waals surface area (Å²) in [7, 11) is 6.22. The van der Waals surface area contributed by atoms with Gasteiger partial charge in [-0.1, -0.05) is 80.8 Å². The Morgan fingerprint density at radius 3 is 1.92 bits per heavy atom. The van der Waals surface area contributed by atoms with Crippen LogP contribution in [0.15, 0.2) is 5.16 Å². The van der Waals surface area contributed by atoms with Gasteiger partial charge in [0, 0.05) is 30.7 Å². The van der Waals surface area contributed by atoms with Crippen molar-refractivity contribution in [1.82, 2.24) is 10.2 Å². The van der Waals surface area contributed by atoms with Crippen molar-refractivity contribution in [2.75, 3.05) is 21.1 Å². The number of nitrogens with one attached hydrogen (secondary N) is 1. The number of oxime groups is 1. The van der Waals surface area contributed by atoms with Crippen molar-refractivity contribution in [3.05, 3.63) is 0 Å². The fraction of sp³-hybridized carbons (Fsp3) is 0.951. The third-order valence-electron chi connectivity index (χ3n) is 11.3. The zero-order valence-corrected chi connectivity index (χ0v) is 37.1. The molecule has 2 aliphatic heterocycles. The van der Waals surface area contributed by atoms with Crippen LogP contribution in [0.4, 0.5) is 0 Å². The van der Waals surface area contributed by atoms with E-state index in [0.29, 0.717) is 30.4 Å². The molecule has 2 fully saturated rings. The Balaban J connectivity index is -0.000000595. The molecule has 2 aliphatic rings. The molecule has 0 aliphatic carbocycles. The molecular weight excluding hydrogens is 678 g/mol. The molecule has 12 heteroatoms. The van der Waals surface area contributed by atoms with E-state index in [1.807, 2.05) is 41.7 Å². The zero-order chi connectivity index (χ0) is 38.9. The van der Waals surface area contributed by atoms with Crippen molar-refractivity contribution in [3.8, 4) is 0 Å². The van der Waals surface area contributed by atoms with Crippen molar-refractivity contribution in [2.24, 2.45) is 46.6 Å². The minimum absolute atomic E-state index is 0. The first-order valence-corrected chi connectivity index (χ1v) is 20.0. The maximum absolute atomic E-state index is 12.3. The topological polar surface area (TPSA) is 207 Å². The van der Waals surface area contributed by atoms with Crippen molar-refractivity contribution < 1.29 is 45.7 Å². The molecule has 12 nitrogen and oxygen atoms in total. The Morgan fingerprint density at radius 1 is 0.925 bits per heavy atom. The second-order valence-corrected chi connectivity index (χ2v) is 16.5. The largest absolute Gasteiger partial charge is 0.412 e. The lowest BCUT2D eigenvalue weighted by Gasteiger charge is -2.38. The molecule has 0 saturated carbocycles. The van der Waals surface area contributed by atoms with Crippen molar-refractivity contribution in [3.63, 3.8) is 0 Å². The number of ether oxygens (including phenoxy) is 3. The van der Waals surface area contributed by atoms with Crippen LogP contribution in [0.1, 0.15) is 148 Å². The summed E-state index contributed by atoms with van der Waals surface area (Å²) >= 11 is 0. The number of nitrogens with zero attached hydrogens (tertiary/aromatic N) is 2. The van der Waals surface area contributed by atoms with Gasteiger partial charge in [0.25, 0.3) is 0 Å². The van der Waals surface area contributed by atoms with Gasteiger partial charge in [-0.15, -0.1) is 0 Å². The highest BCUT2D eigenvalue weighted by Crippen LogP contribution is 2.34. The molecule has 2 rings (SSSR count). The smallest absolute Gasteiger partial charge is 0.158 e. The first-order valence-electron chi connectivity index (χ1n) is 20.0. The zero-order valence-electron chi connectivity index (χ0n) is 37.1. The van der Waals surface area contributed by atoms with Crippen molar-refractivity contribution in [2.45, 2.75) is 191 Å². The van der Waals surface area contributed by atoms with Gasteiger partial charge in [0.15, 0.2) is 6.29 Å². The van der Waals surface area contributed by atoms with Gasteiger partial charge in [0.1, 0.15) is 12.0 Å². The van der Waals surface area contributed by atoms with Gasteiger partial charge in [-0.2, -0.15) is 0 Å². The second-order valence-electron chi connectivity index (χ2n) is 16.5. The van der Waals surface area contributed by atoms with Crippen LogP contribution in [0, 0.1) is 41.4 Å². The standard InChI is InChI=1S/C30H57NO5.C9H20N2O.C2H6.3H2O/c1-12-23(7)30(11,33)17-22(6)28(31-34)20(4)13-18(2)14-21(5)29(25(9)26(10)32)36-27-16-19(3)15-24(8)35-27;1-7-5-8(11(3)4)6-9(10-2)12-7;1-2;;;/h18-25,27,29,33-34H,12-17H2,1-11H3;7-10H,5-6H2,1-4H3;1-2H3;3*1H2/b31-28+;;;;;/t18-,19?,20+,21?,22+,23?,24?,25?,27-,29?,30-;;;;;/m0...../s1. The highest BCUT2D eigenvalue weighted by Gasteiger charge is 2.36. The van der Waals surface area contributed by atoms with Gasteiger partial charge in [0.2, 0.25) is 0 Å². The van der Waals surface area contributed by atoms with E-state index in [1.165, 1.54) is 0 Å². The molecule has 0 spiro atoms. The molecule has 9 unspecified atom stereocenters. The van der Waals surface area contributed by atoms with Gasteiger partial charge >= 0.3 is 0 Å². The van der Waals surface area contributed by atoms with E-state index < -0.39 is 5.60 Å². The lowest BCUT2D eigenvalue weighted by Crippen LogP contribution is -2.46. The van der Waals surface area contributed by atoms with Crippen LogP contribution in [0.25, 0.3) is 0 Å². The summed E-state index contributed by atoms with van der Waals surface area (Å²) in [5, 5.41) is 27.6. The summed E-state index contributed by atoms with van der Waals surface area (Å²) in [5.74, 6) is 1.27. The minimum Gasteiger partial charge on any atom is -0.412 e. The quantitative estimate of drug-likeness (QED) is 0.0866.